The minimum Gasteiger partial charge on any atom is -0.381 e. The van der Waals surface area contributed by atoms with Crippen molar-refractivity contribution in [3.63, 3.8) is 0 Å². The van der Waals surface area contributed by atoms with Gasteiger partial charge in [-0.05, 0) is 44.3 Å². The van der Waals surface area contributed by atoms with E-state index in [-0.39, 0.29) is 29.4 Å². The third-order valence-corrected chi connectivity index (χ3v) is 6.06. The molecule has 0 saturated carbocycles. The van der Waals surface area contributed by atoms with Crippen LogP contribution in [0.3, 0.4) is 0 Å². The highest BCUT2D eigenvalue weighted by Gasteiger charge is 2.34. The molecule has 0 bridgehead atoms. The zero-order valence-corrected chi connectivity index (χ0v) is 19.1. The van der Waals surface area contributed by atoms with Crippen molar-refractivity contribution in [2.45, 2.75) is 44.1 Å². The lowest BCUT2D eigenvalue weighted by Gasteiger charge is -2.38. The summed E-state index contributed by atoms with van der Waals surface area (Å²) in [6.07, 6.45) is 4.69. The first-order valence-corrected chi connectivity index (χ1v) is 10.1. The molecule has 3 rings (SSSR count). The molecule has 2 aliphatic rings. The average molecular weight is 486 g/mol. The summed E-state index contributed by atoms with van der Waals surface area (Å²) in [6.45, 7) is 8.13. The second kappa shape index (κ2) is 11.2. The smallest absolute Gasteiger partial charge is 0.191 e. The predicted octanol–water partition coefficient (Wildman–Crippen LogP) is 3.00. The number of nitrogens with zero attached hydrogens (tertiary/aromatic N) is 2. The Labute approximate surface area is 181 Å². The summed E-state index contributed by atoms with van der Waals surface area (Å²) in [4.78, 5) is 7.01. The lowest BCUT2D eigenvalue weighted by atomic mass is 9.74. The van der Waals surface area contributed by atoms with Crippen molar-refractivity contribution in [1.82, 2.24) is 15.5 Å². The van der Waals surface area contributed by atoms with E-state index in [1.54, 1.807) is 0 Å². The first-order chi connectivity index (χ1) is 12.8. The van der Waals surface area contributed by atoms with Crippen LogP contribution in [-0.2, 0) is 10.2 Å². The van der Waals surface area contributed by atoms with E-state index in [0.29, 0.717) is 6.04 Å². The Balaban J connectivity index is 0.00000261. The maximum atomic E-state index is 5.64. The molecular weight excluding hydrogens is 451 g/mol. The normalized spacial score (nSPS) is 22.9. The molecular formula is C21H35IN4O. The molecule has 2 fully saturated rings. The number of guanidine groups is 1. The van der Waals surface area contributed by atoms with Crippen LogP contribution < -0.4 is 10.6 Å². The third-order valence-electron chi connectivity index (χ3n) is 6.06. The molecule has 2 N–H and O–H groups in total. The number of likely N-dealkylation sites (tertiary alicyclic amines) is 1. The summed E-state index contributed by atoms with van der Waals surface area (Å²) in [5, 5.41) is 7.15. The fraction of sp³-hybridized carbons (Fsp3) is 0.667. The number of aliphatic imine (C=N–C) groups is 1. The fourth-order valence-corrected chi connectivity index (χ4v) is 4.35. The summed E-state index contributed by atoms with van der Waals surface area (Å²) in [6, 6.07) is 11.5. The molecule has 1 aromatic carbocycles. The van der Waals surface area contributed by atoms with Gasteiger partial charge in [0.1, 0.15) is 0 Å². The van der Waals surface area contributed by atoms with Gasteiger partial charge in [-0.15, -0.1) is 24.0 Å². The van der Waals surface area contributed by atoms with Gasteiger partial charge >= 0.3 is 0 Å². The summed E-state index contributed by atoms with van der Waals surface area (Å²) in [7, 11) is 1.86. The molecule has 2 heterocycles. The Morgan fingerprint density at radius 3 is 2.63 bits per heavy atom. The Hall–Kier alpha value is -0.860. The van der Waals surface area contributed by atoms with Gasteiger partial charge in [-0.1, -0.05) is 37.3 Å². The SMILES string of the molecule is CCN1CCCC1CNC(=NC)NCC1(c2ccccc2)CCOCC1.I. The Kier molecular flexibility index (Phi) is 9.32. The topological polar surface area (TPSA) is 48.9 Å². The molecule has 6 heteroatoms. The molecule has 27 heavy (non-hydrogen) atoms. The zero-order chi connectivity index (χ0) is 18.2. The standard InChI is InChI=1S/C21H34N4O.HI/c1-3-25-13-7-10-19(25)16-23-20(22-2)24-17-21(11-14-26-15-12-21)18-8-5-4-6-9-18;/h4-6,8-9,19H,3,7,10-17H2,1-2H3,(H2,22,23,24);1H. The fourth-order valence-electron chi connectivity index (χ4n) is 4.35. The van der Waals surface area contributed by atoms with Crippen LogP contribution in [0.2, 0.25) is 0 Å². The highest BCUT2D eigenvalue weighted by molar-refractivity contribution is 14.0. The van der Waals surface area contributed by atoms with Crippen molar-refractivity contribution in [3.8, 4) is 0 Å². The monoisotopic (exact) mass is 486 g/mol. The predicted molar refractivity (Wildman–Crippen MR) is 123 cm³/mol. The molecule has 5 nitrogen and oxygen atoms in total. The lowest BCUT2D eigenvalue weighted by molar-refractivity contribution is 0.0514. The lowest BCUT2D eigenvalue weighted by Crippen LogP contribution is -2.50. The molecule has 2 saturated heterocycles. The first kappa shape index (κ1) is 22.4. The minimum absolute atomic E-state index is 0. The van der Waals surface area contributed by atoms with Crippen molar-refractivity contribution >= 4 is 29.9 Å². The van der Waals surface area contributed by atoms with Crippen molar-refractivity contribution in [1.29, 1.82) is 0 Å². The highest BCUT2D eigenvalue weighted by atomic mass is 127. The number of hydrogen-bond acceptors (Lipinski definition) is 3. The van der Waals surface area contributed by atoms with Crippen LogP contribution in [0.25, 0.3) is 0 Å². The van der Waals surface area contributed by atoms with Crippen molar-refractivity contribution < 1.29 is 4.74 Å². The summed E-state index contributed by atoms with van der Waals surface area (Å²) in [5.74, 6) is 0.912. The van der Waals surface area contributed by atoms with Gasteiger partial charge in [-0.25, -0.2) is 0 Å². The number of hydrogen-bond donors (Lipinski definition) is 2. The van der Waals surface area contributed by atoms with Gasteiger partial charge in [0, 0.05) is 44.8 Å². The number of rotatable bonds is 6. The molecule has 2 aliphatic heterocycles. The van der Waals surface area contributed by atoms with E-state index in [9.17, 15) is 0 Å². The largest absolute Gasteiger partial charge is 0.381 e. The van der Waals surface area contributed by atoms with E-state index in [1.807, 2.05) is 7.05 Å². The van der Waals surface area contributed by atoms with E-state index in [1.165, 1.54) is 24.9 Å². The summed E-state index contributed by atoms with van der Waals surface area (Å²) >= 11 is 0. The third kappa shape index (κ3) is 5.81. The van der Waals surface area contributed by atoms with Gasteiger partial charge < -0.3 is 15.4 Å². The quantitative estimate of drug-likeness (QED) is 0.369. The van der Waals surface area contributed by atoms with Crippen molar-refractivity contribution in [3.05, 3.63) is 35.9 Å². The Morgan fingerprint density at radius 1 is 1.22 bits per heavy atom. The molecule has 0 aliphatic carbocycles. The van der Waals surface area contributed by atoms with Gasteiger partial charge in [0.25, 0.3) is 0 Å². The van der Waals surface area contributed by atoms with E-state index < -0.39 is 0 Å². The number of benzene rings is 1. The van der Waals surface area contributed by atoms with Crippen molar-refractivity contribution in [2.24, 2.45) is 4.99 Å². The second-order valence-electron chi connectivity index (χ2n) is 7.49. The maximum Gasteiger partial charge on any atom is 0.191 e. The van der Waals surface area contributed by atoms with Crippen molar-refractivity contribution in [2.75, 3.05) is 46.4 Å². The Bertz CT molecular complexity index is 575. The van der Waals surface area contributed by atoms with Crippen LogP contribution >= 0.6 is 24.0 Å². The zero-order valence-electron chi connectivity index (χ0n) is 16.7. The van der Waals surface area contributed by atoms with Crippen LogP contribution in [0, 0.1) is 0 Å². The van der Waals surface area contributed by atoms with Gasteiger partial charge in [0.05, 0.1) is 0 Å². The number of halogens is 1. The second-order valence-corrected chi connectivity index (χ2v) is 7.49. The molecule has 152 valence electrons. The summed E-state index contributed by atoms with van der Waals surface area (Å²) in [5.41, 5.74) is 1.53. The van der Waals surface area contributed by atoms with Crippen LogP contribution in [0.1, 0.15) is 38.2 Å². The molecule has 0 spiro atoms. The number of nitrogens with one attached hydrogen (secondary N) is 2. The van der Waals surface area contributed by atoms with Gasteiger partial charge in [-0.2, -0.15) is 0 Å². The average Bonchev–Trinajstić information content (AvgIpc) is 3.17. The van der Waals surface area contributed by atoms with Crippen LogP contribution in [-0.4, -0.2) is 63.3 Å². The van der Waals surface area contributed by atoms with Crippen LogP contribution in [0.15, 0.2) is 35.3 Å². The van der Waals surface area contributed by atoms with Crippen LogP contribution in [0.5, 0.6) is 0 Å². The molecule has 1 atom stereocenters. The van der Waals surface area contributed by atoms with E-state index in [0.717, 1.165) is 51.6 Å². The van der Waals surface area contributed by atoms with E-state index >= 15 is 0 Å². The molecule has 0 radical (unpaired) electrons. The molecule has 0 aromatic heterocycles. The van der Waals surface area contributed by atoms with E-state index in [4.69, 9.17) is 4.74 Å². The van der Waals surface area contributed by atoms with Gasteiger partial charge in [0.2, 0.25) is 0 Å². The minimum atomic E-state index is 0. The molecule has 1 aromatic rings. The van der Waals surface area contributed by atoms with Gasteiger partial charge in [0.15, 0.2) is 5.96 Å². The Morgan fingerprint density at radius 2 is 1.96 bits per heavy atom. The highest BCUT2D eigenvalue weighted by Crippen LogP contribution is 2.34. The summed E-state index contributed by atoms with van der Waals surface area (Å²) < 4.78 is 5.64. The van der Waals surface area contributed by atoms with E-state index in [2.05, 4.69) is 57.8 Å². The number of likely N-dealkylation sites (N-methyl/N-ethyl adjacent to an activating group) is 1. The molecule has 0 amide bonds. The van der Waals surface area contributed by atoms with Crippen LogP contribution in [0.4, 0.5) is 0 Å². The number of ether oxygens (including phenoxy) is 1. The molecule has 1 unspecified atom stereocenters. The maximum absolute atomic E-state index is 5.64. The first-order valence-electron chi connectivity index (χ1n) is 10.1. The van der Waals surface area contributed by atoms with Gasteiger partial charge in [-0.3, -0.25) is 9.89 Å².